The van der Waals surface area contributed by atoms with Gasteiger partial charge in [0.15, 0.2) is 0 Å². The maximum atomic E-state index is 12.1. The molecule has 0 fully saturated rings. The number of hydrogen-bond acceptors (Lipinski definition) is 3. The van der Waals surface area contributed by atoms with Gasteiger partial charge < -0.3 is 15.4 Å². The van der Waals surface area contributed by atoms with Crippen molar-refractivity contribution in [2.45, 2.75) is 12.6 Å². The van der Waals surface area contributed by atoms with Crippen LogP contribution in [0.4, 0.5) is 13.2 Å². The van der Waals surface area contributed by atoms with Crippen molar-refractivity contribution in [3.63, 3.8) is 0 Å². The van der Waals surface area contributed by atoms with Crippen LogP contribution in [0.5, 0.6) is 0 Å². The first-order valence-electron chi connectivity index (χ1n) is 8.03. The molecule has 2 amide bonds. The van der Waals surface area contributed by atoms with Gasteiger partial charge in [-0.15, -0.1) is 0 Å². The number of fused-ring (bicyclic) bond motifs is 1. The molecule has 0 saturated carbocycles. The zero-order valence-electron chi connectivity index (χ0n) is 13.9. The van der Waals surface area contributed by atoms with E-state index in [9.17, 15) is 22.8 Å². The third-order valence-corrected chi connectivity index (χ3v) is 3.48. The van der Waals surface area contributed by atoms with Crippen LogP contribution in [0.15, 0.2) is 42.5 Å². The summed E-state index contributed by atoms with van der Waals surface area (Å²) >= 11 is 0. The van der Waals surface area contributed by atoms with Crippen LogP contribution in [-0.4, -0.2) is 44.3 Å². The second-order valence-corrected chi connectivity index (χ2v) is 5.59. The van der Waals surface area contributed by atoms with E-state index in [2.05, 4.69) is 15.4 Å². The van der Waals surface area contributed by atoms with E-state index in [1.807, 2.05) is 30.3 Å². The molecule has 0 saturated heterocycles. The first-order chi connectivity index (χ1) is 12.3. The lowest BCUT2D eigenvalue weighted by molar-refractivity contribution is -0.173. The van der Waals surface area contributed by atoms with E-state index in [1.165, 1.54) is 0 Å². The summed E-state index contributed by atoms with van der Waals surface area (Å²) in [5.41, 5.74) is 0.490. The molecule has 0 aliphatic rings. The minimum atomic E-state index is -4.38. The fraction of sp³-hybridized carbons (Fsp3) is 0.333. The van der Waals surface area contributed by atoms with Crippen molar-refractivity contribution >= 4 is 22.6 Å². The van der Waals surface area contributed by atoms with Crippen LogP contribution in [0, 0.1) is 0 Å². The average Bonchev–Trinajstić information content (AvgIpc) is 2.60. The highest BCUT2D eigenvalue weighted by atomic mass is 19.4. The molecule has 0 heterocycles. The quantitative estimate of drug-likeness (QED) is 0.704. The molecule has 0 bridgehead atoms. The van der Waals surface area contributed by atoms with E-state index in [4.69, 9.17) is 0 Å². The predicted molar refractivity (Wildman–Crippen MR) is 90.8 cm³/mol. The smallest absolute Gasteiger partial charge is 0.370 e. The van der Waals surface area contributed by atoms with Gasteiger partial charge in [0.2, 0.25) is 5.91 Å². The Morgan fingerprint density at radius 2 is 1.69 bits per heavy atom. The summed E-state index contributed by atoms with van der Waals surface area (Å²) in [4.78, 5) is 23.6. The Morgan fingerprint density at radius 1 is 0.962 bits per heavy atom. The molecule has 0 atom stereocenters. The van der Waals surface area contributed by atoms with Crippen LogP contribution in [0.25, 0.3) is 10.8 Å². The average molecular weight is 368 g/mol. The number of rotatable bonds is 8. The molecule has 0 aromatic heterocycles. The molecule has 0 spiro atoms. The lowest BCUT2D eigenvalue weighted by Crippen LogP contribution is -2.32. The van der Waals surface area contributed by atoms with Gasteiger partial charge in [-0.25, -0.2) is 0 Å². The van der Waals surface area contributed by atoms with Gasteiger partial charge in [0.1, 0.15) is 6.61 Å². The number of carbonyl (C=O) groups is 2. The Bertz CT molecular complexity index is 763. The predicted octanol–water partition coefficient (Wildman–Crippen LogP) is 2.65. The maximum Gasteiger partial charge on any atom is 0.411 e. The summed E-state index contributed by atoms with van der Waals surface area (Å²) in [7, 11) is 0. The molecule has 2 aromatic carbocycles. The van der Waals surface area contributed by atoms with Crippen molar-refractivity contribution in [2.24, 2.45) is 0 Å². The second kappa shape index (κ2) is 9.19. The lowest BCUT2D eigenvalue weighted by Gasteiger charge is -2.09. The molecular formula is C18H19F3N2O3. The number of nitrogens with one attached hydrogen (secondary N) is 2. The normalized spacial score (nSPS) is 11.3. The van der Waals surface area contributed by atoms with E-state index in [0.29, 0.717) is 5.56 Å². The van der Waals surface area contributed by atoms with Crippen LogP contribution >= 0.6 is 0 Å². The van der Waals surface area contributed by atoms with Gasteiger partial charge in [-0.2, -0.15) is 13.2 Å². The molecular weight excluding hydrogens is 349 g/mol. The second-order valence-electron chi connectivity index (χ2n) is 5.59. The zero-order chi connectivity index (χ0) is 19.0. The summed E-state index contributed by atoms with van der Waals surface area (Å²) in [6.07, 6.45) is -4.35. The number of hydrogen-bond donors (Lipinski definition) is 2. The number of carbonyl (C=O) groups excluding carboxylic acids is 2. The first kappa shape index (κ1) is 19.7. The monoisotopic (exact) mass is 368 g/mol. The summed E-state index contributed by atoms with van der Waals surface area (Å²) in [5, 5.41) is 7.03. The Labute approximate surface area is 148 Å². The van der Waals surface area contributed by atoms with Crippen LogP contribution in [0.1, 0.15) is 16.8 Å². The van der Waals surface area contributed by atoms with Crippen LogP contribution in [0.2, 0.25) is 0 Å². The molecule has 2 aromatic rings. The van der Waals surface area contributed by atoms with Gasteiger partial charge in [0, 0.05) is 25.1 Å². The number of amides is 2. The Hall–Kier alpha value is -2.61. The molecule has 0 aliphatic carbocycles. The van der Waals surface area contributed by atoms with Gasteiger partial charge in [-0.05, 0) is 22.9 Å². The minimum absolute atomic E-state index is 0.0203. The van der Waals surface area contributed by atoms with E-state index >= 15 is 0 Å². The molecule has 0 radical (unpaired) electrons. The largest absolute Gasteiger partial charge is 0.411 e. The Kier molecular flexibility index (Phi) is 6.97. The van der Waals surface area contributed by atoms with Gasteiger partial charge in [-0.1, -0.05) is 30.3 Å². The van der Waals surface area contributed by atoms with Gasteiger partial charge >= 0.3 is 6.18 Å². The van der Waals surface area contributed by atoms with E-state index in [-0.39, 0.29) is 37.9 Å². The lowest BCUT2D eigenvalue weighted by atomic mass is 10.1. The highest BCUT2D eigenvalue weighted by Crippen LogP contribution is 2.15. The molecule has 2 rings (SSSR count). The summed E-state index contributed by atoms with van der Waals surface area (Å²) < 4.78 is 39.9. The molecule has 0 aliphatic heterocycles. The molecule has 2 N–H and O–H groups in total. The van der Waals surface area contributed by atoms with Gasteiger partial charge in [0.05, 0.1) is 6.61 Å². The Balaban J connectivity index is 1.66. The molecule has 8 heteroatoms. The van der Waals surface area contributed by atoms with Crippen molar-refractivity contribution in [1.82, 2.24) is 10.6 Å². The fourth-order valence-electron chi connectivity index (χ4n) is 2.26. The summed E-state index contributed by atoms with van der Waals surface area (Å²) in [5.74, 6) is -0.670. The number of benzene rings is 2. The number of halogens is 3. The van der Waals surface area contributed by atoms with Crippen LogP contribution in [0.3, 0.4) is 0 Å². The van der Waals surface area contributed by atoms with Crippen molar-refractivity contribution in [3.05, 3.63) is 48.0 Å². The molecule has 26 heavy (non-hydrogen) atoms. The Morgan fingerprint density at radius 3 is 2.42 bits per heavy atom. The van der Waals surface area contributed by atoms with Gasteiger partial charge in [-0.3, -0.25) is 9.59 Å². The van der Waals surface area contributed by atoms with Crippen LogP contribution < -0.4 is 10.6 Å². The van der Waals surface area contributed by atoms with Crippen molar-refractivity contribution in [2.75, 3.05) is 26.3 Å². The number of ether oxygens (including phenoxy) is 1. The zero-order valence-corrected chi connectivity index (χ0v) is 13.9. The third kappa shape index (κ3) is 6.72. The van der Waals surface area contributed by atoms with E-state index in [0.717, 1.165) is 10.8 Å². The molecule has 0 unspecified atom stereocenters. The van der Waals surface area contributed by atoms with Crippen molar-refractivity contribution in [3.8, 4) is 0 Å². The summed E-state index contributed by atoms with van der Waals surface area (Å²) in [6.45, 7) is -1.46. The van der Waals surface area contributed by atoms with Crippen molar-refractivity contribution in [1.29, 1.82) is 0 Å². The minimum Gasteiger partial charge on any atom is -0.370 e. The maximum absolute atomic E-state index is 12.1. The third-order valence-electron chi connectivity index (χ3n) is 3.48. The van der Waals surface area contributed by atoms with Gasteiger partial charge in [0.25, 0.3) is 5.91 Å². The fourth-order valence-corrected chi connectivity index (χ4v) is 2.26. The van der Waals surface area contributed by atoms with Crippen molar-refractivity contribution < 1.29 is 27.5 Å². The molecule has 5 nitrogen and oxygen atoms in total. The standard InChI is InChI=1S/C18H19F3N2O3/c19-18(20,21)12-26-10-9-22-16(24)7-8-23-17(25)15-6-5-13-3-1-2-4-14(13)11-15/h1-6,11H,7-10,12H2,(H,22,24)(H,23,25). The topological polar surface area (TPSA) is 67.4 Å². The molecule has 140 valence electrons. The highest BCUT2D eigenvalue weighted by Gasteiger charge is 2.27. The van der Waals surface area contributed by atoms with E-state index < -0.39 is 12.8 Å². The van der Waals surface area contributed by atoms with Crippen LogP contribution in [-0.2, 0) is 9.53 Å². The SMILES string of the molecule is O=C(CCNC(=O)c1ccc2ccccc2c1)NCCOCC(F)(F)F. The first-order valence-corrected chi connectivity index (χ1v) is 8.03. The summed E-state index contributed by atoms with van der Waals surface area (Å²) in [6, 6.07) is 13.0. The highest BCUT2D eigenvalue weighted by molar-refractivity contribution is 5.98. The number of alkyl halides is 3. The van der Waals surface area contributed by atoms with E-state index in [1.54, 1.807) is 12.1 Å².